The molecule has 0 saturated heterocycles. The predicted octanol–water partition coefficient (Wildman–Crippen LogP) is 7.96. The minimum absolute atomic E-state index is 0.0149. The van der Waals surface area contributed by atoms with Crippen LogP contribution in [0, 0.1) is 17.7 Å². The Hall–Kier alpha value is -3.50. The first kappa shape index (κ1) is 30.0. The predicted molar refractivity (Wildman–Crippen MR) is 146 cm³/mol. The fourth-order valence-corrected chi connectivity index (χ4v) is 5.15. The molecule has 1 heterocycles. The highest BCUT2D eigenvalue weighted by molar-refractivity contribution is 5.96. The number of aryl methyl sites for hydroxylation is 1. The summed E-state index contributed by atoms with van der Waals surface area (Å²) in [5.74, 6) is -2.03. The van der Waals surface area contributed by atoms with Crippen LogP contribution in [-0.4, -0.2) is 34.9 Å². The van der Waals surface area contributed by atoms with Gasteiger partial charge in [0, 0.05) is 30.1 Å². The molecule has 0 unspecified atom stereocenters. The van der Waals surface area contributed by atoms with E-state index in [2.05, 4.69) is 10.1 Å². The monoisotopic (exact) mass is 591 g/mol. The van der Waals surface area contributed by atoms with Crippen molar-refractivity contribution in [3.8, 4) is 16.9 Å². The molecule has 1 amide bonds. The van der Waals surface area contributed by atoms with E-state index in [-0.39, 0.29) is 36.9 Å². The third-order valence-electron chi connectivity index (χ3n) is 7.84. The number of amides is 1. The number of anilines is 1. The summed E-state index contributed by atoms with van der Waals surface area (Å²) in [7, 11) is 0. The van der Waals surface area contributed by atoms with Gasteiger partial charge in [0.05, 0.1) is 12.0 Å². The van der Waals surface area contributed by atoms with Crippen molar-refractivity contribution < 1.29 is 36.0 Å². The van der Waals surface area contributed by atoms with Crippen molar-refractivity contribution in [1.82, 2.24) is 10.1 Å². The fraction of sp³-hybridized carbons (Fsp3) is 0.516. The van der Waals surface area contributed by atoms with Crippen LogP contribution in [-0.2, 0) is 16.9 Å². The molecule has 5 rings (SSSR count). The Balaban J connectivity index is 1.27. The van der Waals surface area contributed by atoms with Crippen LogP contribution in [0.15, 0.2) is 47.0 Å². The summed E-state index contributed by atoms with van der Waals surface area (Å²) in [4.78, 5) is 19.1. The molecule has 0 atom stereocenters. The number of alkyl halides is 4. The fourth-order valence-electron chi connectivity index (χ4n) is 5.15. The maximum atomic E-state index is 14.9. The highest BCUT2D eigenvalue weighted by Crippen LogP contribution is 2.49. The molecule has 0 spiro atoms. The number of rotatable bonds is 12. The van der Waals surface area contributed by atoms with Crippen LogP contribution in [0.5, 0.6) is 5.75 Å². The van der Waals surface area contributed by atoms with Gasteiger partial charge in [0.15, 0.2) is 11.5 Å². The molecule has 0 aliphatic heterocycles. The summed E-state index contributed by atoms with van der Waals surface area (Å²) in [6.45, 7) is 4.06. The number of hydrogen-bond donors (Lipinski definition) is 0. The molecule has 0 bridgehead atoms. The molecule has 1 aromatic heterocycles. The lowest BCUT2D eigenvalue weighted by atomic mass is 9.73. The third-order valence-corrected chi connectivity index (χ3v) is 7.84. The molecule has 42 heavy (non-hydrogen) atoms. The Morgan fingerprint density at radius 2 is 1.81 bits per heavy atom. The quantitative estimate of drug-likeness (QED) is 0.158. The molecule has 11 heteroatoms. The summed E-state index contributed by atoms with van der Waals surface area (Å²) in [6, 6.07) is 11.2. The van der Waals surface area contributed by atoms with Crippen LogP contribution in [0.3, 0.4) is 0 Å². The SMILES string of the molecule is CC(C)Oc1ccc(-c2cc(N(CCCCCc3noc(C4(F)CC4)n3)C(=O)[C@H]3C[C@H](C(F)(F)F)C3)ccc2F)cc1. The second-order valence-electron chi connectivity index (χ2n) is 11.5. The minimum atomic E-state index is -4.33. The number of carbonyl (C=O) groups is 1. The van der Waals surface area contributed by atoms with Crippen molar-refractivity contribution in [3.05, 3.63) is 60.0 Å². The molecule has 3 aromatic rings. The molecule has 226 valence electrons. The normalized spacial score (nSPS) is 19.4. The largest absolute Gasteiger partial charge is 0.491 e. The molecule has 2 aliphatic carbocycles. The number of nitrogens with zero attached hydrogens (tertiary/aromatic N) is 3. The van der Waals surface area contributed by atoms with Gasteiger partial charge < -0.3 is 14.2 Å². The number of ether oxygens (including phenoxy) is 1. The van der Waals surface area contributed by atoms with E-state index in [1.165, 1.54) is 17.0 Å². The van der Waals surface area contributed by atoms with Crippen molar-refractivity contribution in [2.75, 3.05) is 11.4 Å². The zero-order valence-corrected chi connectivity index (χ0v) is 23.6. The van der Waals surface area contributed by atoms with Crippen molar-refractivity contribution >= 4 is 11.6 Å². The van der Waals surface area contributed by atoms with E-state index in [0.717, 1.165) is 0 Å². The molecular formula is C31H34F5N3O3. The van der Waals surface area contributed by atoms with Crippen LogP contribution in [0.25, 0.3) is 11.1 Å². The van der Waals surface area contributed by atoms with Gasteiger partial charge in [-0.15, -0.1) is 0 Å². The Morgan fingerprint density at radius 3 is 2.45 bits per heavy atom. The van der Waals surface area contributed by atoms with Gasteiger partial charge in [0.1, 0.15) is 11.6 Å². The molecule has 2 aromatic carbocycles. The lowest BCUT2D eigenvalue weighted by Crippen LogP contribution is -2.46. The Bertz CT molecular complexity index is 1380. The molecule has 0 N–H and O–H groups in total. The standard InChI is InChI=1S/C31H34F5N3O3/c1-19(2)41-24-10-7-20(8-11-24)25-18-23(9-12-26(25)32)39(28(40)21-16-22(17-21)31(34,35)36)15-5-3-4-6-27-37-29(42-38-27)30(33)13-14-30/h7-12,18-19,21-22H,3-6,13-17H2,1-2H3/t21-,22-. The maximum absolute atomic E-state index is 14.9. The van der Waals surface area contributed by atoms with Gasteiger partial charge in [-0.05, 0) is 88.3 Å². The minimum Gasteiger partial charge on any atom is -0.491 e. The first-order valence-electron chi connectivity index (χ1n) is 14.4. The molecule has 2 saturated carbocycles. The lowest BCUT2D eigenvalue weighted by molar-refractivity contribution is -0.204. The topological polar surface area (TPSA) is 68.5 Å². The number of carbonyl (C=O) groups excluding carboxylic acids is 1. The smallest absolute Gasteiger partial charge is 0.391 e. The number of hydrogen-bond acceptors (Lipinski definition) is 5. The van der Waals surface area contributed by atoms with Gasteiger partial charge in [-0.2, -0.15) is 18.2 Å². The molecule has 0 radical (unpaired) electrons. The summed E-state index contributed by atoms with van der Waals surface area (Å²) >= 11 is 0. The molecule has 6 nitrogen and oxygen atoms in total. The van der Waals surface area contributed by atoms with Crippen molar-refractivity contribution in [2.24, 2.45) is 11.8 Å². The van der Waals surface area contributed by atoms with Crippen LogP contribution in [0.2, 0.25) is 0 Å². The highest BCUT2D eigenvalue weighted by Gasteiger charge is 2.51. The van der Waals surface area contributed by atoms with Crippen LogP contribution in [0.4, 0.5) is 27.6 Å². The van der Waals surface area contributed by atoms with Crippen molar-refractivity contribution in [3.63, 3.8) is 0 Å². The Labute approximate surface area is 241 Å². The van der Waals surface area contributed by atoms with E-state index < -0.39 is 35.4 Å². The van der Waals surface area contributed by atoms with Gasteiger partial charge in [0.2, 0.25) is 5.91 Å². The summed E-state index contributed by atoms with van der Waals surface area (Å²) in [5.41, 5.74) is -0.206. The first-order chi connectivity index (χ1) is 19.9. The maximum Gasteiger partial charge on any atom is 0.391 e. The highest BCUT2D eigenvalue weighted by atomic mass is 19.4. The average molecular weight is 592 g/mol. The van der Waals surface area contributed by atoms with Gasteiger partial charge in [0.25, 0.3) is 5.89 Å². The van der Waals surface area contributed by atoms with Gasteiger partial charge in [-0.25, -0.2) is 8.78 Å². The van der Waals surface area contributed by atoms with Gasteiger partial charge >= 0.3 is 6.18 Å². The molecule has 2 aliphatic rings. The van der Waals surface area contributed by atoms with E-state index in [9.17, 15) is 26.7 Å². The van der Waals surface area contributed by atoms with E-state index in [0.29, 0.717) is 61.3 Å². The van der Waals surface area contributed by atoms with Crippen LogP contribution >= 0.6 is 0 Å². The van der Waals surface area contributed by atoms with Crippen LogP contribution < -0.4 is 9.64 Å². The Kier molecular flexibility index (Phi) is 8.57. The van der Waals surface area contributed by atoms with Gasteiger partial charge in [-0.3, -0.25) is 4.79 Å². The summed E-state index contributed by atoms with van der Waals surface area (Å²) in [6.07, 6.45) is -1.75. The van der Waals surface area contributed by atoms with E-state index in [4.69, 9.17) is 9.26 Å². The van der Waals surface area contributed by atoms with E-state index >= 15 is 0 Å². The number of aromatic nitrogens is 2. The van der Waals surface area contributed by atoms with Crippen LogP contribution in [0.1, 0.15) is 70.5 Å². The van der Waals surface area contributed by atoms with E-state index in [1.807, 2.05) is 13.8 Å². The average Bonchev–Trinajstić information content (AvgIpc) is 3.46. The number of halogens is 5. The third kappa shape index (κ3) is 6.93. The second kappa shape index (κ2) is 12.0. The summed E-state index contributed by atoms with van der Waals surface area (Å²) in [5, 5.41) is 3.84. The number of unbranched alkanes of at least 4 members (excludes halogenated alkanes) is 2. The van der Waals surface area contributed by atoms with Crippen molar-refractivity contribution in [1.29, 1.82) is 0 Å². The van der Waals surface area contributed by atoms with E-state index in [1.54, 1.807) is 30.3 Å². The Morgan fingerprint density at radius 1 is 1.10 bits per heavy atom. The van der Waals surface area contributed by atoms with Gasteiger partial charge in [-0.1, -0.05) is 23.7 Å². The zero-order valence-electron chi connectivity index (χ0n) is 23.6. The second-order valence-corrected chi connectivity index (χ2v) is 11.5. The zero-order chi connectivity index (χ0) is 30.1. The number of benzene rings is 2. The molecular weight excluding hydrogens is 557 g/mol. The summed E-state index contributed by atoms with van der Waals surface area (Å²) < 4.78 is 79.1. The van der Waals surface area contributed by atoms with Crippen molar-refractivity contribution in [2.45, 2.75) is 83.2 Å². The first-order valence-corrected chi connectivity index (χ1v) is 14.4. The molecule has 2 fully saturated rings. The lowest BCUT2D eigenvalue weighted by Gasteiger charge is -2.38.